The van der Waals surface area contributed by atoms with Crippen molar-refractivity contribution in [1.29, 1.82) is 0 Å². The van der Waals surface area contributed by atoms with Gasteiger partial charge in [0.05, 0.1) is 17.4 Å². The van der Waals surface area contributed by atoms with Gasteiger partial charge in [-0.3, -0.25) is 4.98 Å². The number of aromatic nitrogens is 3. The minimum Gasteiger partial charge on any atom is -0.476 e. The number of carbonyl (C=O) groups is 1. The molecule has 5 nitrogen and oxygen atoms in total. The minimum absolute atomic E-state index is 0.0168. The first-order valence-electron chi connectivity index (χ1n) is 5.36. The monoisotopic (exact) mass is 239 g/mol. The van der Waals surface area contributed by atoms with Crippen LogP contribution in [0.25, 0.3) is 16.6 Å². The van der Waals surface area contributed by atoms with Crippen LogP contribution < -0.4 is 0 Å². The summed E-state index contributed by atoms with van der Waals surface area (Å²) in [5.74, 6) is -1.04. The first kappa shape index (κ1) is 10.5. The molecule has 0 saturated heterocycles. The number of carboxylic acids is 1. The zero-order valence-electron chi connectivity index (χ0n) is 9.32. The van der Waals surface area contributed by atoms with E-state index >= 15 is 0 Å². The van der Waals surface area contributed by atoms with Crippen LogP contribution in [-0.4, -0.2) is 25.6 Å². The summed E-state index contributed by atoms with van der Waals surface area (Å²) in [6.45, 7) is 0. The number of hydrogen-bond acceptors (Lipinski definition) is 3. The maximum Gasteiger partial charge on any atom is 0.356 e. The van der Waals surface area contributed by atoms with Crippen molar-refractivity contribution in [2.24, 2.45) is 0 Å². The highest BCUT2D eigenvalue weighted by Crippen LogP contribution is 2.15. The molecule has 18 heavy (non-hydrogen) atoms. The SMILES string of the molecule is O=C(O)c1cn(-c2cnc3ccccc3c2)cn1. The topological polar surface area (TPSA) is 68.0 Å². The molecule has 2 aromatic heterocycles. The summed E-state index contributed by atoms with van der Waals surface area (Å²) in [5.41, 5.74) is 1.71. The van der Waals surface area contributed by atoms with Crippen LogP contribution in [0.5, 0.6) is 0 Å². The molecule has 3 aromatic rings. The normalized spacial score (nSPS) is 10.7. The molecule has 1 aromatic carbocycles. The minimum atomic E-state index is -1.04. The summed E-state index contributed by atoms with van der Waals surface area (Å²) < 4.78 is 1.64. The van der Waals surface area contributed by atoms with E-state index in [1.807, 2.05) is 30.3 Å². The van der Waals surface area contributed by atoms with Crippen LogP contribution in [0.2, 0.25) is 0 Å². The number of benzene rings is 1. The summed E-state index contributed by atoms with van der Waals surface area (Å²) in [6.07, 6.45) is 4.62. The molecule has 0 atom stereocenters. The number of imidazole rings is 1. The van der Waals surface area contributed by atoms with Crippen molar-refractivity contribution in [3.05, 3.63) is 54.7 Å². The Kier molecular flexibility index (Phi) is 2.30. The Balaban J connectivity index is 2.10. The van der Waals surface area contributed by atoms with Gasteiger partial charge in [-0.2, -0.15) is 0 Å². The second-order valence-corrected chi connectivity index (χ2v) is 3.86. The van der Waals surface area contributed by atoms with Gasteiger partial charge in [0.2, 0.25) is 0 Å². The van der Waals surface area contributed by atoms with Crippen LogP contribution >= 0.6 is 0 Å². The van der Waals surface area contributed by atoms with Crippen molar-refractivity contribution in [3.63, 3.8) is 0 Å². The van der Waals surface area contributed by atoms with Gasteiger partial charge in [0.1, 0.15) is 6.33 Å². The van der Waals surface area contributed by atoms with Crippen molar-refractivity contribution < 1.29 is 9.90 Å². The first-order valence-corrected chi connectivity index (χ1v) is 5.36. The number of nitrogens with zero attached hydrogens (tertiary/aromatic N) is 3. The van der Waals surface area contributed by atoms with Crippen molar-refractivity contribution in [2.45, 2.75) is 0 Å². The van der Waals surface area contributed by atoms with E-state index in [9.17, 15) is 4.79 Å². The van der Waals surface area contributed by atoms with Gasteiger partial charge in [0.15, 0.2) is 5.69 Å². The molecule has 0 spiro atoms. The molecule has 5 heteroatoms. The molecule has 0 aliphatic heterocycles. The predicted molar refractivity (Wildman–Crippen MR) is 65.8 cm³/mol. The molecule has 0 unspecified atom stereocenters. The van der Waals surface area contributed by atoms with Crippen molar-refractivity contribution in [3.8, 4) is 5.69 Å². The molecule has 0 aliphatic rings. The van der Waals surface area contributed by atoms with Gasteiger partial charge >= 0.3 is 5.97 Å². The maximum atomic E-state index is 10.8. The molecular weight excluding hydrogens is 230 g/mol. The zero-order valence-corrected chi connectivity index (χ0v) is 9.32. The molecule has 0 aliphatic carbocycles. The van der Waals surface area contributed by atoms with E-state index < -0.39 is 5.97 Å². The molecule has 0 amide bonds. The van der Waals surface area contributed by atoms with Gasteiger partial charge in [0.25, 0.3) is 0 Å². The Bertz CT molecular complexity index is 734. The van der Waals surface area contributed by atoms with E-state index in [1.165, 1.54) is 12.5 Å². The highest BCUT2D eigenvalue weighted by molar-refractivity contribution is 5.85. The Morgan fingerprint density at radius 2 is 2.06 bits per heavy atom. The fraction of sp³-hybridized carbons (Fsp3) is 0. The lowest BCUT2D eigenvalue weighted by Crippen LogP contribution is -1.96. The van der Waals surface area contributed by atoms with Gasteiger partial charge in [-0.25, -0.2) is 9.78 Å². The van der Waals surface area contributed by atoms with Crippen LogP contribution in [0, 0.1) is 0 Å². The second-order valence-electron chi connectivity index (χ2n) is 3.86. The summed E-state index contributed by atoms with van der Waals surface area (Å²) in [7, 11) is 0. The number of rotatable bonds is 2. The molecule has 88 valence electrons. The van der Waals surface area contributed by atoms with Crippen LogP contribution in [0.1, 0.15) is 10.5 Å². The Morgan fingerprint density at radius 3 is 2.83 bits per heavy atom. The molecule has 2 heterocycles. The molecular formula is C13H9N3O2. The number of aromatic carboxylic acids is 1. The lowest BCUT2D eigenvalue weighted by molar-refractivity contribution is 0.0691. The third-order valence-electron chi connectivity index (χ3n) is 2.68. The highest BCUT2D eigenvalue weighted by Gasteiger charge is 2.07. The van der Waals surface area contributed by atoms with Gasteiger partial charge in [0, 0.05) is 11.6 Å². The quantitative estimate of drug-likeness (QED) is 0.743. The number of fused-ring (bicyclic) bond motifs is 1. The summed E-state index contributed by atoms with van der Waals surface area (Å²) in [6, 6.07) is 9.69. The van der Waals surface area contributed by atoms with Gasteiger partial charge in [-0.15, -0.1) is 0 Å². The number of hydrogen-bond donors (Lipinski definition) is 1. The van der Waals surface area contributed by atoms with Crippen LogP contribution in [0.3, 0.4) is 0 Å². The third kappa shape index (κ3) is 1.71. The van der Waals surface area contributed by atoms with E-state index in [2.05, 4.69) is 9.97 Å². The number of carboxylic acid groups (broad SMARTS) is 1. The molecule has 0 saturated carbocycles. The van der Waals surface area contributed by atoms with Gasteiger partial charge in [-0.05, 0) is 12.1 Å². The lowest BCUT2D eigenvalue weighted by Gasteiger charge is -2.02. The Morgan fingerprint density at radius 1 is 1.22 bits per heavy atom. The van der Waals surface area contributed by atoms with Gasteiger partial charge < -0.3 is 9.67 Å². The van der Waals surface area contributed by atoms with Crippen LogP contribution in [0.4, 0.5) is 0 Å². The molecule has 0 radical (unpaired) electrons. The third-order valence-corrected chi connectivity index (χ3v) is 2.68. The van der Waals surface area contributed by atoms with E-state index in [0.29, 0.717) is 0 Å². The van der Waals surface area contributed by atoms with E-state index in [0.717, 1.165) is 16.6 Å². The Hall–Kier alpha value is -2.69. The predicted octanol–water partition coefficient (Wildman–Crippen LogP) is 2.12. The average molecular weight is 239 g/mol. The van der Waals surface area contributed by atoms with Crippen molar-refractivity contribution in [1.82, 2.24) is 14.5 Å². The largest absolute Gasteiger partial charge is 0.476 e. The van der Waals surface area contributed by atoms with Crippen LogP contribution in [-0.2, 0) is 0 Å². The zero-order chi connectivity index (χ0) is 12.5. The van der Waals surface area contributed by atoms with Gasteiger partial charge in [-0.1, -0.05) is 18.2 Å². The average Bonchev–Trinajstić information content (AvgIpc) is 2.88. The van der Waals surface area contributed by atoms with E-state index in [4.69, 9.17) is 5.11 Å². The highest BCUT2D eigenvalue weighted by atomic mass is 16.4. The molecule has 3 rings (SSSR count). The molecule has 1 N–H and O–H groups in total. The summed E-state index contributed by atoms with van der Waals surface area (Å²) >= 11 is 0. The van der Waals surface area contributed by atoms with E-state index in [1.54, 1.807) is 10.8 Å². The van der Waals surface area contributed by atoms with Crippen LogP contribution in [0.15, 0.2) is 49.1 Å². The molecule has 0 bridgehead atoms. The fourth-order valence-electron chi connectivity index (χ4n) is 1.78. The number of para-hydroxylation sites is 1. The molecule has 0 fully saturated rings. The van der Waals surface area contributed by atoms with Crippen molar-refractivity contribution >= 4 is 16.9 Å². The summed E-state index contributed by atoms with van der Waals surface area (Å²) in [4.78, 5) is 18.9. The standard InChI is InChI=1S/C13H9N3O2/c17-13(18)12-7-16(8-15-12)10-5-9-3-1-2-4-11(9)14-6-10/h1-8H,(H,17,18). The fourth-order valence-corrected chi connectivity index (χ4v) is 1.78. The number of pyridine rings is 1. The maximum absolute atomic E-state index is 10.8. The Labute approximate surface area is 102 Å². The smallest absolute Gasteiger partial charge is 0.356 e. The summed E-state index contributed by atoms with van der Waals surface area (Å²) in [5, 5.41) is 9.83. The second kappa shape index (κ2) is 3.96. The lowest BCUT2D eigenvalue weighted by atomic mass is 10.2. The van der Waals surface area contributed by atoms with Crippen molar-refractivity contribution in [2.75, 3.05) is 0 Å². The van der Waals surface area contributed by atoms with E-state index in [-0.39, 0.29) is 5.69 Å². The first-order chi connectivity index (χ1) is 8.74.